The number of aliphatic hydroxyl groups excluding tert-OH is 1. The quantitative estimate of drug-likeness (QED) is 0.654. The zero-order valence-electron chi connectivity index (χ0n) is 17.7. The second kappa shape index (κ2) is 8.96. The molecular formula is C25H27NO5. The lowest BCUT2D eigenvalue weighted by Crippen LogP contribution is -2.40. The molecular weight excluding hydrogens is 394 g/mol. The highest BCUT2D eigenvalue weighted by Crippen LogP contribution is 2.42. The molecule has 2 N–H and O–H groups in total. The number of phenolic OH excluding ortho intramolecular Hbond substituents is 1. The van der Waals surface area contributed by atoms with E-state index in [-0.39, 0.29) is 29.1 Å². The van der Waals surface area contributed by atoms with Gasteiger partial charge in [-0.2, -0.15) is 0 Å². The molecule has 0 spiro atoms. The maximum Gasteiger partial charge on any atom is 0.196 e. The van der Waals surface area contributed by atoms with Crippen LogP contribution in [0.1, 0.15) is 29.2 Å². The molecule has 31 heavy (non-hydrogen) atoms. The average Bonchev–Trinajstić information content (AvgIpc) is 2.72. The minimum atomic E-state index is -0.639. The number of ether oxygens (including phenoxy) is 1. The predicted molar refractivity (Wildman–Crippen MR) is 121 cm³/mol. The molecule has 3 aromatic rings. The third-order valence-corrected chi connectivity index (χ3v) is 5.71. The molecule has 2 atom stereocenters. The van der Waals surface area contributed by atoms with Crippen LogP contribution in [0, 0.1) is 6.92 Å². The summed E-state index contributed by atoms with van der Waals surface area (Å²) >= 11 is 0. The molecule has 1 saturated heterocycles. The average molecular weight is 421 g/mol. The van der Waals surface area contributed by atoms with Crippen LogP contribution in [0.25, 0.3) is 17.0 Å². The zero-order valence-corrected chi connectivity index (χ0v) is 17.7. The first kappa shape index (κ1) is 21.2. The van der Waals surface area contributed by atoms with Crippen LogP contribution in [0.3, 0.4) is 0 Å². The number of nitrogens with zero attached hydrogens (tertiary/aromatic N) is 1. The molecule has 0 saturated carbocycles. The third-order valence-electron chi connectivity index (χ3n) is 5.71. The number of likely N-dealkylation sites (tertiary alicyclic amines) is 1. The van der Waals surface area contributed by atoms with Gasteiger partial charge in [0.05, 0.1) is 6.10 Å². The number of hydrogen-bond acceptors (Lipinski definition) is 6. The molecule has 6 nitrogen and oxygen atoms in total. The summed E-state index contributed by atoms with van der Waals surface area (Å²) in [4.78, 5) is 14.6. The van der Waals surface area contributed by atoms with Gasteiger partial charge >= 0.3 is 0 Å². The van der Waals surface area contributed by atoms with Crippen LogP contribution < -0.4 is 10.2 Å². The zero-order chi connectivity index (χ0) is 22.0. The van der Waals surface area contributed by atoms with Crippen molar-refractivity contribution in [3.05, 3.63) is 75.7 Å². The van der Waals surface area contributed by atoms with Crippen LogP contribution in [0.2, 0.25) is 0 Å². The van der Waals surface area contributed by atoms with Gasteiger partial charge in [-0.15, -0.1) is 0 Å². The number of hydrogen-bond donors (Lipinski definition) is 2. The number of aromatic hydroxyl groups is 1. The van der Waals surface area contributed by atoms with E-state index in [4.69, 9.17) is 9.15 Å². The van der Waals surface area contributed by atoms with Gasteiger partial charge in [0, 0.05) is 30.2 Å². The predicted octanol–water partition coefficient (Wildman–Crippen LogP) is 3.68. The molecule has 4 rings (SSSR count). The Hall–Kier alpha value is -3.09. The number of aryl methyl sites for hydroxylation is 1. The summed E-state index contributed by atoms with van der Waals surface area (Å²) in [6, 6.07) is 12.7. The van der Waals surface area contributed by atoms with E-state index in [1.54, 1.807) is 6.92 Å². The summed E-state index contributed by atoms with van der Waals surface area (Å²) in [5.74, 6) is 0.418. The number of rotatable bonds is 5. The number of phenols is 1. The van der Waals surface area contributed by atoms with Gasteiger partial charge in [-0.3, -0.25) is 4.79 Å². The Labute approximate surface area is 181 Å². The highest BCUT2D eigenvalue weighted by molar-refractivity contribution is 5.88. The maximum atomic E-state index is 12.6. The lowest BCUT2D eigenvalue weighted by molar-refractivity contribution is 0.0629. The minimum absolute atomic E-state index is 0.124. The van der Waals surface area contributed by atoms with Gasteiger partial charge in [0.2, 0.25) is 0 Å². The fourth-order valence-corrected chi connectivity index (χ4v) is 4.21. The molecule has 0 amide bonds. The van der Waals surface area contributed by atoms with Crippen LogP contribution in [0.5, 0.6) is 11.5 Å². The van der Waals surface area contributed by atoms with Gasteiger partial charge in [-0.25, -0.2) is 0 Å². The van der Waals surface area contributed by atoms with Crippen LogP contribution in [0.4, 0.5) is 0 Å². The van der Waals surface area contributed by atoms with Gasteiger partial charge in [0.25, 0.3) is 0 Å². The third kappa shape index (κ3) is 4.50. The SMILES string of the molecule is Cc1cc(=O)c2c(O)cc(OC/C=C/c3ccccc3)c([C@H]3CCN(C)C[C@H]3O)c2o1. The van der Waals surface area contributed by atoms with Crippen molar-refractivity contribution in [1.29, 1.82) is 0 Å². The Kier molecular flexibility index (Phi) is 6.11. The highest BCUT2D eigenvalue weighted by Gasteiger charge is 2.33. The van der Waals surface area contributed by atoms with Crippen molar-refractivity contribution in [2.75, 3.05) is 26.7 Å². The first-order chi connectivity index (χ1) is 14.9. The fraction of sp³-hybridized carbons (Fsp3) is 0.320. The van der Waals surface area contributed by atoms with Crippen molar-refractivity contribution in [2.45, 2.75) is 25.4 Å². The Bertz CT molecular complexity index is 1150. The van der Waals surface area contributed by atoms with E-state index >= 15 is 0 Å². The van der Waals surface area contributed by atoms with Crippen LogP contribution in [-0.4, -0.2) is 48.0 Å². The molecule has 0 unspecified atom stereocenters. The van der Waals surface area contributed by atoms with E-state index in [1.165, 1.54) is 12.1 Å². The normalized spacial score (nSPS) is 19.8. The van der Waals surface area contributed by atoms with E-state index in [0.717, 1.165) is 12.1 Å². The number of benzene rings is 2. The van der Waals surface area contributed by atoms with E-state index in [1.807, 2.05) is 49.5 Å². The summed E-state index contributed by atoms with van der Waals surface area (Å²) in [6.45, 7) is 3.28. The van der Waals surface area contributed by atoms with Gasteiger partial charge in [-0.1, -0.05) is 36.4 Å². The molecule has 0 radical (unpaired) electrons. The molecule has 0 bridgehead atoms. The van der Waals surface area contributed by atoms with Crippen LogP contribution in [0.15, 0.2) is 57.8 Å². The fourth-order valence-electron chi connectivity index (χ4n) is 4.21. The number of β-amino-alcohol motifs (C(OH)–C–C–N with tert-alkyl or cyclic N) is 1. The van der Waals surface area contributed by atoms with Crippen LogP contribution in [-0.2, 0) is 0 Å². The van der Waals surface area contributed by atoms with Crippen LogP contribution >= 0.6 is 0 Å². The Morgan fingerprint density at radius 3 is 2.77 bits per heavy atom. The first-order valence-corrected chi connectivity index (χ1v) is 10.5. The second-order valence-electron chi connectivity index (χ2n) is 8.08. The van der Waals surface area contributed by atoms with E-state index in [0.29, 0.717) is 35.6 Å². The van der Waals surface area contributed by atoms with Gasteiger partial charge < -0.3 is 24.3 Å². The molecule has 0 aliphatic carbocycles. The molecule has 2 aromatic carbocycles. The molecule has 6 heteroatoms. The number of likely N-dealkylation sites (N-methyl/N-ethyl adjacent to an activating group) is 1. The van der Waals surface area contributed by atoms with E-state index in [2.05, 4.69) is 4.90 Å². The van der Waals surface area contributed by atoms with Gasteiger partial charge in [0.1, 0.15) is 34.8 Å². The number of fused-ring (bicyclic) bond motifs is 1. The summed E-state index contributed by atoms with van der Waals surface area (Å²) in [5, 5.41) is 21.5. The first-order valence-electron chi connectivity index (χ1n) is 10.5. The van der Waals surface area contributed by atoms with E-state index < -0.39 is 6.10 Å². The van der Waals surface area contributed by atoms with Crippen molar-refractivity contribution in [2.24, 2.45) is 0 Å². The lowest BCUT2D eigenvalue weighted by atomic mass is 9.85. The van der Waals surface area contributed by atoms with Gasteiger partial charge in [0.15, 0.2) is 5.43 Å². The summed E-state index contributed by atoms with van der Waals surface area (Å²) in [7, 11) is 1.96. The summed E-state index contributed by atoms with van der Waals surface area (Å²) < 4.78 is 11.9. The highest BCUT2D eigenvalue weighted by atomic mass is 16.5. The number of aliphatic hydroxyl groups is 1. The molecule has 1 fully saturated rings. The summed E-state index contributed by atoms with van der Waals surface area (Å²) in [6.07, 6.45) is 3.89. The molecule has 1 aliphatic rings. The van der Waals surface area contributed by atoms with Crippen molar-refractivity contribution in [1.82, 2.24) is 4.90 Å². The summed E-state index contributed by atoms with van der Waals surface area (Å²) in [5.41, 5.74) is 1.68. The van der Waals surface area contributed by atoms with Crippen molar-refractivity contribution in [3.8, 4) is 11.5 Å². The monoisotopic (exact) mass is 421 g/mol. The Morgan fingerprint density at radius 2 is 2.03 bits per heavy atom. The molecule has 1 aliphatic heterocycles. The standard InChI is InChI=1S/C25H27NO5/c1-16-13-19(27)24-20(28)14-22(30-12-6-9-17-7-4-3-5-8-17)23(25(24)31-16)18-10-11-26(2)15-21(18)29/h3-9,13-14,18,21,28-29H,10-12,15H2,1-2H3/b9-6+/t18-,21+/m0/s1. The van der Waals surface area contributed by atoms with Crippen molar-refractivity contribution < 1.29 is 19.4 Å². The number of piperidine rings is 1. The second-order valence-corrected chi connectivity index (χ2v) is 8.08. The minimum Gasteiger partial charge on any atom is -0.507 e. The van der Waals surface area contributed by atoms with E-state index in [9.17, 15) is 15.0 Å². The maximum absolute atomic E-state index is 12.6. The smallest absolute Gasteiger partial charge is 0.196 e. The van der Waals surface area contributed by atoms with Gasteiger partial charge in [-0.05, 0) is 38.6 Å². The Balaban J connectivity index is 1.75. The van der Waals surface area contributed by atoms with Crippen molar-refractivity contribution >= 4 is 17.0 Å². The van der Waals surface area contributed by atoms with Crippen molar-refractivity contribution in [3.63, 3.8) is 0 Å². The molecule has 2 heterocycles. The lowest BCUT2D eigenvalue weighted by Gasteiger charge is -2.34. The molecule has 1 aromatic heterocycles. The Morgan fingerprint density at radius 1 is 1.26 bits per heavy atom. The largest absolute Gasteiger partial charge is 0.507 e. The molecule has 162 valence electrons. The topological polar surface area (TPSA) is 83.1 Å².